The minimum Gasteiger partial charge on any atom is -0.336 e. The van der Waals surface area contributed by atoms with E-state index in [0.29, 0.717) is 18.7 Å². The van der Waals surface area contributed by atoms with E-state index in [9.17, 15) is 14.9 Å². The van der Waals surface area contributed by atoms with Gasteiger partial charge in [0.2, 0.25) is 0 Å². The number of nitro benzene ring substituents is 1. The van der Waals surface area contributed by atoms with Crippen LogP contribution >= 0.6 is 11.3 Å². The van der Waals surface area contributed by atoms with Crippen molar-refractivity contribution in [1.82, 2.24) is 24.6 Å². The van der Waals surface area contributed by atoms with Gasteiger partial charge >= 0.3 is 0 Å². The fraction of sp³-hybridized carbons (Fsp3) is 0.316. The van der Waals surface area contributed by atoms with Crippen LogP contribution in [0.1, 0.15) is 15.2 Å². The zero-order valence-electron chi connectivity index (χ0n) is 15.7. The Morgan fingerprint density at radius 2 is 2.03 bits per heavy atom. The minimum atomic E-state index is -0.504. The molecule has 9 nitrogen and oxygen atoms in total. The molecule has 1 aliphatic rings. The van der Waals surface area contributed by atoms with Crippen molar-refractivity contribution in [3.8, 4) is 5.69 Å². The Hall–Kier alpha value is -3.11. The van der Waals surface area contributed by atoms with Gasteiger partial charge in [-0.25, -0.2) is 9.67 Å². The topological polar surface area (TPSA) is 97.4 Å². The summed E-state index contributed by atoms with van der Waals surface area (Å²) >= 11 is 1.76. The van der Waals surface area contributed by atoms with Crippen molar-refractivity contribution in [2.24, 2.45) is 0 Å². The van der Waals surface area contributed by atoms with Crippen LogP contribution in [0.3, 0.4) is 0 Å². The molecule has 0 saturated carbocycles. The number of carbonyl (C=O) groups excluding carboxylic acids is 1. The van der Waals surface area contributed by atoms with E-state index in [1.54, 1.807) is 22.3 Å². The third-order valence-corrected chi connectivity index (χ3v) is 5.93. The minimum absolute atomic E-state index is 0.170. The van der Waals surface area contributed by atoms with Crippen LogP contribution in [0.4, 0.5) is 5.69 Å². The number of hydrogen-bond acceptors (Lipinski definition) is 7. The van der Waals surface area contributed by atoms with Gasteiger partial charge in [-0.3, -0.25) is 19.8 Å². The maximum absolute atomic E-state index is 12.9. The van der Waals surface area contributed by atoms with Crippen molar-refractivity contribution in [3.63, 3.8) is 0 Å². The normalized spacial score (nSPS) is 14.8. The van der Waals surface area contributed by atoms with Crippen molar-refractivity contribution in [1.29, 1.82) is 0 Å². The average molecular weight is 412 g/mol. The molecule has 0 unspecified atom stereocenters. The quantitative estimate of drug-likeness (QED) is 0.455. The number of nitrogens with zero attached hydrogens (tertiary/aromatic N) is 6. The van der Waals surface area contributed by atoms with Crippen molar-refractivity contribution in [2.45, 2.75) is 6.42 Å². The molecule has 150 valence electrons. The van der Waals surface area contributed by atoms with E-state index in [2.05, 4.69) is 32.5 Å². The Morgan fingerprint density at radius 1 is 1.21 bits per heavy atom. The Kier molecular flexibility index (Phi) is 5.63. The van der Waals surface area contributed by atoms with Gasteiger partial charge in [-0.1, -0.05) is 6.07 Å². The average Bonchev–Trinajstić information content (AvgIpc) is 3.46. The molecule has 1 amide bonds. The molecule has 0 radical (unpaired) electrons. The summed E-state index contributed by atoms with van der Waals surface area (Å²) in [4.78, 5) is 33.2. The third-order valence-electron chi connectivity index (χ3n) is 5.00. The number of carbonyl (C=O) groups is 1. The second-order valence-corrected chi connectivity index (χ2v) is 7.80. The van der Waals surface area contributed by atoms with Crippen LogP contribution < -0.4 is 0 Å². The first-order valence-corrected chi connectivity index (χ1v) is 10.2. The molecule has 1 saturated heterocycles. The Bertz CT molecular complexity index is 982. The first kappa shape index (κ1) is 19.2. The Labute approximate surface area is 171 Å². The van der Waals surface area contributed by atoms with Crippen LogP contribution in [0.2, 0.25) is 0 Å². The molecule has 1 aliphatic heterocycles. The number of nitro groups is 1. The van der Waals surface area contributed by atoms with E-state index in [1.165, 1.54) is 34.3 Å². The zero-order valence-corrected chi connectivity index (χ0v) is 16.5. The lowest BCUT2D eigenvalue weighted by atomic mass is 10.1. The molecule has 2 aromatic heterocycles. The molecule has 10 heteroatoms. The molecule has 0 aliphatic carbocycles. The third kappa shape index (κ3) is 4.33. The smallest absolute Gasteiger partial charge is 0.295 e. The van der Waals surface area contributed by atoms with E-state index in [4.69, 9.17) is 0 Å². The number of thiophene rings is 1. The fourth-order valence-corrected chi connectivity index (χ4v) is 4.11. The van der Waals surface area contributed by atoms with Crippen LogP contribution in [0, 0.1) is 10.1 Å². The van der Waals surface area contributed by atoms with Crippen molar-refractivity contribution in [2.75, 3.05) is 32.7 Å². The first-order chi connectivity index (χ1) is 14.1. The summed E-state index contributed by atoms with van der Waals surface area (Å²) in [5.41, 5.74) is 0.422. The van der Waals surface area contributed by atoms with Crippen molar-refractivity contribution < 1.29 is 9.72 Å². The Balaban J connectivity index is 1.41. The molecule has 0 atom stereocenters. The van der Waals surface area contributed by atoms with E-state index in [-0.39, 0.29) is 17.3 Å². The van der Waals surface area contributed by atoms with E-state index >= 15 is 0 Å². The van der Waals surface area contributed by atoms with Crippen molar-refractivity contribution >= 4 is 22.9 Å². The molecule has 3 heterocycles. The summed E-state index contributed by atoms with van der Waals surface area (Å²) in [5.74, 6) is -0.184. The van der Waals surface area contributed by atoms with Gasteiger partial charge in [0.25, 0.3) is 11.6 Å². The maximum Gasteiger partial charge on any atom is 0.295 e. The molecule has 1 aromatic carbocycles. The van der Waals surface area contributed by atoms with Gasteiger partial charge in [0, 0.05) is 49.2 Å². The Morgan fingerprint density at radius 3 is 2.69 bits per heavy atom. The summed E-state index contributed by atoms with van der Waals surface area (Å²) in [6.45, 7) is 3.80. The number of benzene rings is 1. The summed E-state index contributed by atoms with van der Waals surface area (Å²) < 4.78 is 1.32. The van der Waals surface area contributed by atoms with Crippen molar-refractivity contribution in [3.05, 3.63) is 68.9 Å². The fourth-order valence-electron chi connectivity index (χ4n) is 3.41. The predicted molar refractivity (Wildman–Crippen MR) is 108 cm³/mol. The molecule has 0 bridgehead atoms. The molecule has 1 fully saturated rings. The molecule has 29 heavy (non-hydrogen) atoms. The number of rotatable bonds is 6. The second kappa shape index (κ2) is 8.50. The van der Waals surface area contributed by atoms with E-state index in [0.717, 1.165) is 26.1 Å². The molecule has 4 rings (SSSR count). The standard InChI is InChI=1S/C19H20N6O3S/c26-19(23-9-7-22(8-10-23)6-5-16-2-1-11-29-16)15-3-4-17(18(12-15)25(27)28)24-14-20-13-21-24/h1-4,11-14H,5-10H2. The lowest BCUT2D eigenvalue weighted by Gasteiger charge is -2.34. The molecule has 0 spiro atoms. The number of aromatic nitrogens is 3. The summed E-state index contributed by atoms with van der Waals surface area (Å²) in [6, 6.07) is 8.67. The van der Waals surface area contributed by atoms with Crippen LogP contribution in [0.5, 0.6) is 0 Å². The SMILES string of the molecule is O=C(c1ccc(-n2cncn2)c([N+](=O)[O-])c1)N1CCN(CCc2cccs2)CC1. The van der Waals surface area contributed by atoms with Gasteiger partial charge in [0.05, 0.1) is 4.92 Å². The lowest BCUT2D eigenvalue weighted by molar-refractivity contribution is -0.384. The van der Waals surface area contributed by atoms with Gasteiger partial charge in [0.15, 0.2) is 0 Å². The van der Waals surface area contributed by atoms with Crippen LogP contribution in [0.15, 0.2) is 48.4 Å². The number of hydrogen-bond donors (Lipinski definition) is 0. The van der Waals surface area contributed by atoms with Gasteiger partial charge in [-0.2, -0.15) is 5.10 Å². The van der Waals surface area contributed by atoms with Gasteiger partial charge < -0.3 is 4.90 Å². The van der Waals surface area contributed by atoms with Crippen LogP contribution in [-0.4, -0.2) is 68.1 Å². The summed E-state index contributed by atoms with van der Waals surface area (Å²) in [6.07, 6.45) is 3.71. The first-order valence-electron chi connectivity index (χ1n) is 9.29. The van der Waals surface area contributed by atoms with Crippen LogP contribution in [-0.2, 0) is 6.42 Å². The predicted octanol–water partition coefficient (Wildman–Crippen LogP) is 2.24. The highest BCUT2D eigenvalue weighted by Gasteiger charge is 2.25. The number of amides is 1. The molecule has 0 N–H and O–H groups in total. The second-order valence-electron chi connectivity index (χ2n) is 6.76. The highest BCUT2D eigenvalue weighted by molar-refractivity contribution is 7.09. The highest BCUT2D eigenvalue weighted by atomic mass is 32.1. The molecular formula is C19H20N6O3S. The molecular weight excluding hydrogens is 392 g/mol. The highest BCUT2D eigenvalue weighted by Crippen LogP contribution is 2.24. The van der Waals surface area contributed by atoms with Crippen LogP contribution in [0.25, 0.3) is 5.69 Å². The summed E-state index contributed by atoms with van der Waals surface area (Å²) in [7, 11) is 0. The number of piperazine rings is 1. The largest absolute Gasteiger partial charge is 0.336 e. The van der Waals surface area contributed by atoms with Gasteiger partial charge in [0.1, 0.15) is 18.3 Å². The summed E-state index contributed by atoms with van der Waals surface area (Å²) in [5, 5.41) is 17.5. The maximum atomic E-state index is 12.9. The van der Waals surface area contributed by atoms with E-state index in [1.807, 2.05) is 0 Å². The lowest BCUT2D eigenvalue weighted by Crippen LogP contribution is -2.49. The molecule has 3 aromatic rings. The van der Waals surface area contributed by atoms with E-state index < -0.39 is 4.92 Å². The van der Waals surface area contributed by atoms with Gasteiger partial charge in [-0.15, -0.1) is 11.3 Å². The monoisotopic (exact) mass is 412 g/mol. The van der Waals surface area contributed by atoms with Gasteiger partial charge in [-0.05, 0) is 30.0 Å². The zero-order chi connectivity index (χ0) is 20.2.